The average Bonchev–Trinajstić information content (AvgIpc) is 3.24. The van der Waals surface area contributed by atoms with E-state index in [1.54, 1.807) is 0 Å². The maximum absolute atomic E-state index is 4.45. The molecule has 3 aliphatic rings. The molecular weight excluding hydrogens is 334 g/mol. The first-order valence-electron chi connectivity index (χ1n) is 11.6. The van der Waals surface area contributed by atoms with Crippen LogP contribution in [0.5, 0.6) is 0 Å². The van der Waals surface area contributed by atoms with E-state index in [0.29, 0.717) is 6.04 Å². The minimum absolute atomic E-state index is 0.575. The Morgan fingerprint density at radius 1 is 0.963 bits per heavy atom. The number of guanidine groups is 1. The average molecular weight is 378 g/mol. The van der Waals surface area contributed by atoms with Gasteiger partial charge in [0.25, 0.3) is 0 Å². The summed E-state index contributed by atoms with van der Waals surface area (Å²) >= 11 is 0. The lowest BCUT2D eigenvalue weighted by molar-refractivity contribution is 0.160. The number of nitrogens with zero attached hydrogens (tertiary/aromatic N) is 3. The second-order valence-corrected chi connectivity index (χ2v) is 9.14. The topological polar surface area (TPSA) is 42.9 Å². The second-order valence-electron chi connectivity index (χ2n) is 9.14. The van der Waals surface area contributed by atoms with Crippen molar-refractivity contribution in [3.8, 4) is 0 Å². The van der Waals surface area contributed by atoms with Crippen LogP contribution in [0.2, 0.25) is 0 Å². The molecule has 2 saturated carbocycles. The lowest BCUT2D eigenvalue weighted by Crippen LogP contribution is -2.50. The predicted octanol–water partition coefficient (Wildman–Crippen LogP) is 3.07. The molecule has 0 amide bonds. The fourth-order valence-corrected chi connectivity index (χ4v) is 5.26. The van der Waals surface area contributed by atoms with Gasteiger partial charge in [-0.05, 0) is 51.5 Å². The van der Waals surface area contributed by atoms with Crippen LogP contribution in [0.25, 0.3) is 0 Å². The van der Waals surface area contributed by atoms with Gasteiger partial charge < -0.3 is 20.4 Å². The standard InChI is InChI=1S/C22H43N5/c1-23-22(24-14-17-26(2)21-10-6-7-11-21)25-20-12-15-27(16-13-20)18-19-8-4-3-5-9-19/h19-21H,3-18H2,1-2H3,(H2,23,24,25). The maximum atomic E-state index is 4.45. The van der Waals surface area contributed by atoms with Crippen LogP contribution < -0.4 is 10.6 Å². The minimum atomic E-state index is 0.575. The first-order valence-corrected chi connectivity index (χ1v) is 11.6. The zero-order valence-electron chi connectivity index (χ0n) is 17.9. The van der Waals surface area contributed by atoms with Crippen LogP contribution in [-0.4, -0.2) is 74.7 Å². The number of hydrogen-bond acceptors (Lipinski definition) is 3. The van der Waals surface area contributed by atoms with Crippen molar-refractivity contribution in [2.45, 2.75) is 82.7 Å². The smallest absolute Gasteiger partial charge is 0.191 e. The SMILES string of the molecule is CN=C(NCCN(C)C1CCCC1)NC1CCN(CC2CCCCC2)CC1. The van der Waals surface area contributed by atoms with E-state index in [2.05, 4.69) is 32.5 Å². The molecule has 5 nitrogen and oxygen atoms in total. The Bertz CT molecular complexity index is 432. The first-order chi connectivity index (χ1) is 13.2. The molecule has 2 N–H and O–H groups in total. The van der Waals surface area contributed by atoms with E-state index in [1.165, 1.54) is 90.3 Å². The zero-order valence-corrected chi connectivity index (χ0v) is 17.9. The Morgan fingerprint density at radius 2 is 1.63 bits per heavy atom. The van der Waals surface area contributed by atoms with Crippen molar-refractivity contribution >= 4 is 5.96 Å². The van der Waals surface area contributed by atoms with E-state index in [9.17, 15) is 0 Å². The Balaban J connectivity index is 1.29. The third kappa shape index (κ3) is 6.94. The lowest BCUT2D eigenvalue weighted by atomic mass is 9.88. The summed E-state index contributed by atoms with van der Waals surface area (Å²) in [5.74, 6) is 1.95. The van der Waals surface area contributed by atoms with Crippen molar-refractivity contribution < 1.29 is 0 Å². The van der Waals surface area contributed by atoms with Crippen LogP contribution in [0, 0.1) is 5.92 Å². The van der Waals surface area contributed by atoms with Gasteiger partial charge in [-0.15, -0.1) is 0 Å². The highest BCUT2D eigenvalue weighted by Crippen LogP contribution is 2.25. The second kappa shape index (κ2) is 11.3. The van der Waals surface area contributed by atoms with Crippen LogP contribution in [0.3, 0.4) is 0 Å². The number of nitrogens with one attached hydrogen (secondary N) is 2. The number of likely N-dealkylation sites (tertiary alicyclic amines) is 1. The van der Waals surface area contributed by atoms with Gasteiger partial charge in [0.2, 0.25) is 0 Å². The van der Waals surface area contributed by atoms with Gasteiger partial charge in [-0.1, -0.05) is 32.1 Å². The first kappa shape index (κ1) is 20.9. The summed E-state index contributed by atoms with van der Waals surface area (Å²) in [7, 11) is 4.17. The summed E-state index contributed by atoms with van der Waals surface area (Å²) in [5.41, 5.74) is 0. The van der Waals surface area contributed by atoms with Crippen LogP contribution in [0.1, 0.15) is 70.6 Å². The Kier molecular flexibility index (Phi) is 8.72. The highest BCUT2D eigenvalue weighted by Gasteiger charge is 2.23. The van der Waals surface area contributed by atoms with E-state index in [4.69, 9.17) is 0 Å². The molecule has 2 aliphatic carbocycles. The maximum Gasteiger partial charge on any atom is 0.191 e. The molecule has 27 heavy (non-hydrogen) atoms. The monoisotopic (exact) mass is 377 g/mol. The largest absolute Gasteiger partial charge is 0.355 e. The molecule has 0 unspecified atom stereocenters. The van der Waals surface area contributed by atoms with Gasteiger partial charge in [-0.3, -0.25) is 4.99 Å². The van der Waals surface area contributed by atoms with Gasteiger partial charge >= 0.3 is 0 Å². The third-order valence-corrected chi connectivity index (χ3v) is 7.10. The van der Waals surface area contributed by atoms with Crippen LogP contribution >= 0.6 is 0 Å². The molecule has 156 valence electrons. The van der Waals surface area contributed by atoms with Gasteiger partial charge in [-0.2, -0.15) is 0 Å². The summed E-state index contributed by atoms with van der Waals surface area (Å²) in [4.78, 5) is 9.69. The molecule has 0 aromatic carbocycles. The van der Waals surface area contributed by atoms with Gasteiger partial charge in [0, 0.05) is 51.9 Å². The van der Waals surface area contributed by atoms with Crippen LogP contribution in [0.15, 0.2) is 4.99 Å². The van der Waals surface area contributed by atoms with E-state index < -0.39 is 0 Å². The Labute approximate surface area is 167 Å². The molecule has 0 spiro atoms. The number of hydrogen-bond donors (Lipinski definition) is 2. The molecule has 0 radical (unpaired) electrons. The quantitative estimate of drug-likeness (QED) is 0.529. The summed E-state index contributed by atoms with van der Waals surface area (Å²) in [6, 6.07) is 1.38. The molecule has 1 saturated heterocycles. The number of aliphatic imine (C=N–C) groups is 1. The van der Waals surface area contributed by atoms with Crippen molar-refractivity contribution in [3.05, 3.63) is 0 Å². The van der Waals surface area contributed by atoms with Gasteiger partial charge in [0.05, 0.1) is 0 Å². The molecule has 0 bridgehead atoms. The van der Waals surface area contributed by atoms with Crippen molar-refractivity contribution in [1.29, 1.82) is 0 Å². The Morgan fingerprint density at radius 3 is 2.30 bits per heavy atom. The van der Waals surface area contributed by atoms with E-state index >= 15 is 0 Å². The van der Waals surface area contributed by atoms with Gasteiger partial charge in [0.15, 0.2) is 5.96 Å². The van der Waals surface area contributed by atoms with Gasteiger partial charge in [-0.25, -0.2) is 0 Å². The molecule has 0 aromatic rings. The summed E-state index contributed by atoms with van der Waals surface area (Å²) < 4.78 is 0. The molecule has 1 aliphatic heterocycles. The van der Waals surface area contributed by atoms with Crippen molar-refractivity contribution in [2.24, 2.45) is 10.9 Å². The highest BCUT2D eigenvalue weighted by molar-refractivity contribution is 5.79. The normalized spacial score (nSPS) is 24.6. The van der Waals surface area contributed by atoms with E-state index in [0.717, 1.165) is 31.0 Å². The lowest BCUT2D eigenvalue weighted by Gasteiger charge is -2.36. The predicted molar refractivity (Wildman–Crippen MR) is 115 cm³/mol. The van der Waals surface area contributed by atoms with E-state index in [1.807, 2.05) is 7.05 Å². The molecular formula is C22H43N5. The molecule has 0 aromatic heterocycles. The molecule has 3 fully saturated rings. The van der Waals surface area contributed by atoms with Crippen LogP contribution in [-0.2, 0) is 0 Å². The van der Waals surface area contributed by atoms with Crippen molar-refractivity contribution in [2.75, 3.05) is 46.8 Å². The fourth-order valence-electron chi connectivity index (χ4n) is 5.26. The highest BCUT2D eigenvalue weighted by atomic mass is 15.2. The molecule has 5 heteroatoms. The number of likely N-dealkylation sites (N-methyl/N-ethyl adjacent to an activating group) is 1. The van der Waals surface area contributed by atoms with E-state index in [-0.39, 0.29) is 0 Å². The number of rotatable bonds is 7. The molecule has 0 atom stereocenters. The summed E-state index contributed by atoms with van der Waals surface area (Å²) in [6.45, 7) is 5.91. The summed E-state index contributed by atoms with van der Waals surface area (Å²) in [5, 5.41) is 7.20. The fraction of sp³-hybridized carbons (Fsp3) is 0.955. The molecule has 1 heterocycles. The zero-order chi connectivity index (χ0) is 18.9. The Hall–Kier alpha value is -0.810. The van der Waals surface area contributed by atoms with Crippen molar-refractivity contribution in [1.82, 2.24) is 20.4 Å². The molecule has 3 rings (SSSR count). The number of piperidine rings is 1. The third-order valence-electron chi connectivity index (χ3n) is 7.10. The van der Waals surface area contributed by atoms with Crippen LogP contribution in [0.4, 0.5) is 0 Å². The van der Waals surface area contributed by atoms with Crippen molar-refractivity contribution in [3.63, 3.8) is 0 Å². The summed E-state index contributed by atoms with van der Waals surface area (Å²) in [6.07, 6.45) is 15.4. The minimum Gasteiger partial charge on any atom is -0.355 e. The van der Waals surface area contributed by atoms with Gasteiger partial charge in [0.1, 0.15) is 0 Å².